The molecule has 0 saturated heterocycles. The van der Waals surface area contributed by atoms with Crippen molar-refractivity contribution in [3.05, 3.63) is 30.1 Å². The highest BCUT2D eigenvalue weighted by atomic mass is 19.4. The lowest BCUT2D eigenvalue weighted by molar-refractivity contribution is -0.137. The number of halogens is 3. The molecule has 0 unspecified atom stereocenters. The second kappa shape index (κ2) is 5.73. The first kappa shape index (κ1) is 16.2. The van der Waals surface area contributed by atoms with Crippen LogP contribution >= 0.6 is 0 Å². The van der Waals surface area contributed by atoms with Crippen molar-refractivity contribution in [2.24, 2.45) is 0 Å². The zero-order chi connectivity index (χ0) is 18.6. The number of ether oxygens (including phenoxy) is 1. The van der Waals surface area contributed by atoms with Crippen molar-refractivity contribution in [3.8, 4) is 5.75 Å². The van der Waals surface area contributed by atoms with Gasteiger partial charge in [-0.15, -0.1) is 0 Å². The molecule has 3 aromatic rings. The van der Waals surface area contributed by atoms with Crippen LogP contribution in [0, 0.1) is 0 Å². The molecular weight excluding hydrogens is 361 g/mol. The second-order valence-corrected chi connectivity index (χ2v) is 6.59. The molecule has 0 atom stereocenters. The summed E-state index contributed by atoms with van der Waals surface area (Å²) >= 11 is 0. The minimum atomic E-state index is -4.51. The minimum Gasteiger partial charge on any atom is -0.489 e. The lowest BCUT2D eigenvalue weighted by atomic mass is 10.2. The van der Waals surface area contributed by atoms with Gasteiger partial charge in [0.05, 0.1) is 18.4 Å². The smallest absolute Gasteiger partial charge is 0.421 e. The van der Waals surface area contributed by atoms with Gasteiger partial charge in [-0.1, -0.05) is 0 Å². The number of nitrogens with zero attached hydrogens (tertiary/aromatic N) is 4. The lowest BCUT2D eigenvalue weighted by Crippen LogP contribution is -2.16. The molecule has 1 aliphatic carbocycles. The van der Waals surface area contributed by atoms with E-state index in [4.69, 9.17) is 4.74 Å². The zero-order valence-electron chi connectivity index (χ0n) is 14.0. The van der Waals surface area contributed by atoms with Crippen LogP contribution in [0.4, 0.5) is 30.6 Å². The average molecular weight is 376 g/mol. The maximum absolute atomic E-state index is 13.2. The Morgan fingerprint density at radius 3 is 2.81 bits per heavy atom. The normalized spacial score (nSPS) is 16.3. The SMILES string of the molecule is FC(F)(F)c1cnc(Nc2ccc3c4c2cnn4CCO3)nc1NC1CC1. The Kier molecular flexibility index (Phi) is 3.43. The van der Waals surface area contributed by atoms with E-state index in [9.17, 15) is 13.2 Å². The van der Waals surface area contributed by atoms with Crippen LogP contribution < -0.4 is 15.4 Å². The van der Waals surface area contributed by atoms with E-state index >= 15 is 0 Å². The molecule has 5 rings (SSSR count). The average Bonchev–Trinajstić information content (AvgIpc) is 3.33. The molecule has 2 aromatic heterocycles. The van der Waals surface area contributed by atoms with E-state index in [1.165, 1.54) is 0 Å². The summed E-state index contributed by atoms with van der Waals surface area (Å²) in [7, 11) is 0. The van der Waals surface area contributed by atoms with E-state index in [-0.39, 0.29) is 17.8 Å². The van der Waals surface area contributed by atoms with Crippen molar-refractivity contribution in [2.45, 2.75) is 31.6 Å². The maximum Gasteiger partial charge on any atom is 0.421 e. The molecule has 140 valence electrons. The fourth-order valence-electron chi connectivity index (χ4n) is 3.11. The fourth-order valence-corrected chi connectivity index (χ4v) is 3.11. The van der Waals surface area contributed by atoms with Crippen LogP contribution in [-0.4, -0.2) is 32.4 Å². The summed E-state index contributed by atoms with van der Waals surface area (Å²) in [4.78, 5) is 7.93. The third kappa shape index (κ3) is 2.90. The third-order valence-electron chi connectivity index (χ3n) is 4.58. The molecule has 3 heterocycles. The molecule has 0 radical (unpaired) electrons. The lowest BCUT2D eigenvalue weighted by Gasteiger charge is -2.17. The highest BCUT2D eigenvalue weighted by molar-refractivity contribution is 5.96. The van der Waals surface area contributed by atoms with Crippen LogP contribution in [0.5, 0.6) is 5.75 Å². The Morgan fingerprint density at radius 1 is 1.19 bits per heavy atom. The van der Waals surface area contributed by atoms with Crippen LogP contribution in [0.25, 0.3) is 10.9 Å². The van der Waals surface area contributed by atoms with E-state index in [2.05, 4.69) is 25.7 Å². The molecule has 1 aromatic carbocycles. The number of alkyl halides is 3. The van der Waals surface area contributed by atoms with Crippen LogP contribution in [0.3, 0.4) is 0 Å². The number of aromatic nitrogens is 4. The summed E-state index contributed by atoms with van der Waals surface area (Å²) in [5.74, 6) is 0.616. The summed E-state index contributed by atoms with van der Waals surface area (Å²) in [6, 6.07) is 3.62. The van der Waals surface area contributed by atoms with Crippen molar-refractivity contribution >= 4 is 28.4 Å². The Morgan fingerprint density at radius 2 is 2.04 bits per heavy atom. The number of nitrogens with one attached hydrogen (secondary N) is 2. The van der Waals surface area contributed by atoms with Gasteiger partial charge in [-0.2, -0.15) is 23.3 Å². The molecule has 2 N–H and O–H groups in total. The number of hydrogen-bond donors (Lipinski definition) is 2. The monoisotopic (exact) mass is 376 g/mol. The Bertz CT molecular complexity index is 1030. The van der Waals surface area contributed by atoms with E-state index in [0.29, 0.717) is 18.8 Å². The molecule has 27 heavy (non-hydrogen) atoms. The van der Waals surface area contributed by atoms with E-state index in [1.54, 1.807) is 18.3 Å². The molecule has 7 nitrogen and oxygen atoms in total. The van der Waals surface area contributed by atoms with Gasteiger partial charge in [0.25, 0.3) is 0 Å². The highest BCUT2D eigenvalue weighted by Crippen LogP contribution is 2.38. The van der Waals surface area contributed by atoms with Gasteiger partial charge in [0.15, 0.2) is 0 Å². The largest absolute Gasteiger partial charge is 0.489 e. The van der Waals surface area contributed by atoms with Crippen molar-refractivity contribution in [1.29, 1.82) is 0 Å². The molecule has 1 aliphatic heterocycles. The van der Waals surface area contributed by atoms with Gasteiger partial charge in [0.2, 0.25) is 5.95 Å². The fraction of sp³-hybridized carbons (Fsp3) is 0.353. The molecule has 1 fully saturated rings. The molecule has 0 amide bonds. The van der Waals surface area contributed by atoms with E-state index in [1.807, 2.05) is 4.68 Å². The predicted molar refractivity (Wildman–Crippen MR) is 92.2 cm³/mol. The van der Waals surface area contributed by atoms with Crippen LogP contribution in [-0.2, 0) is 12.7 Å². The van der Waals surface area contributed by atoms with Gasteiger partial charge >= 0.3 is 6.18 Å². The maximum atomic E-state index is 13.2. The summed E-state index contributed by atoms with van der Waals surface area (Å²) in [5, 5.41) is 11.0. The summed E-state index contributed by atoms with van der Waals surface area (Å²) in [5.41, 5.74) is 0.633. The standard InChI is InChI=1S/C17H15F3N6O/c18-17(19,20)11-8-21-16(25-15(11)23-9-1-2-9)24-12-3-4-13-14-10(12)7-22-26(14)5-6-27-13/h3-4,7-9H,1-2,5-6H2,(H2,21,23,24,25). The Labute approximate surface area is 151 Å². The zero-order valence-corrected chi connectivity index (χ0v) is 14.0. The first-order chi connectivity index (χ1) is 13.0. The first-order valence-corrected chi connectivity index (χ1v) is 8.58. The van der Waals surface area contributed by atoms with Gasteiger partial charge in [-0.3, -0.25) is 4.68 Å². The number of rotatable bonds is 4. The minimum absolute atomic E-state index is 0.0353. The van der Waals surface area contributed by atoms with Gasteiger partial charge in [0, 0.05) is 17.6 Å². The number of anilines is 3. The van der Waals surface area contributed by atoms with Crippen molar-refractivity contribution < 1.29 is 17.9 Å². The van der Waals surface area contributed by atoms with Gasteiger partial charge < -0.3 is 15.4 Å². The summed E-state index contributed by atoms with van der Waals surface area (Å²) < 4.78 is 47.1. The molecule has 0 bridgehead atoms. The Hall–Kier alpha value is -3.04. The topological polar surface area (TPSA) is 76.9 Å². The molecule has 0 spiro atoms. The van der Waals surface area contributed by atoms with Gasteiger partial charge in [-0.05, 0) is 25.0 Å². The third-order valence-corrected chi connectivity index (χ3v) is 4.58. The predicted octanol–water partition coefficient (Wildman–Crippen LogP) is 3.56. The molecule has 10 heteroatoms. The van der Waals surface area contributed by atoms with Crippen molar-refractivity contribution in [2.75, 3.05) is 17.2 Å². The Balaban J connectivity index is 1.52. The highest BCUT2D eigenvalue weighted by Gasteiger charge is 2.37. The van der Waals surface area contributed by atoms with Crippen LogP contribution in [0.1, 0.15) is 18.4 Å². The number of benzene rings is 1. The second-order valence-electron chi connectivity index (χ2n) is 6.59. The van der Waals surface area contributed by atoms with Crippen molar-refractivity contribution in [3.63, 3.8) is 0 Å². The quantitative estimate of drug-likeness (QED) is 0.725. The number of hydrogen-bond acceptors (Lipinski definition) is 6. The van der Waals surface area contributed by atoms with Crippen LogP contribution in [0.2, 0.25) is 0 Å². The van der Waals surface area contributed by atoms with Gasteiger partial charge in [0.1, 0.15) is 29.3 Å². The summed E-state index contributed by atoms with van der Waals surface area (Å²) in [6.07, 6.45) is -0.332. The van der Waals surface area contributed by atoms with Gasteiger partial charge in [-0.25, -0.2) is 4.98 Å². The summed E-state index contributed by atoms with van der Waals surface area (Å²) in [6.45, 7) is 1.20. The molecule has 2 aliphatic rings. The van der Waals surface area contributed by atoms with Crippen LogP contribution in [0.15, 0.2) is 24.5 Å². The van der Waals surface area contributed by atoms with E-state index < -0.39 is 11.7 Å². The first-order valence-electron chi connectivity index (χ1n) is 8.58. The molecular formula is C17H15F3N6O. The molecule has 1 saturated carbocycles. The van der Waals surface area contributed by atoms with E-state index in [0.717, 1.165) is 35.7 Å². The van der Waals surface area contributed by atoms with Crippen molar-refractivity contribution in [1.82, 2.24) is 19.7 Å².